The summed E-state index contributed by atoms with van der Waals surface area (Å²) in [5.74, 6) is 0. The highest BCUT2D eigenvalue weighted by molar-refractivity contribution is 7.89. The van der Waals surface area contributed by atoms with Gasteiger partial charge >= 0.3 is 0 Å². The molecule has 2 bridgehead atoms. The second kappa shape index (κ2) is 5.13. The summed E-state index contributed by atoms with van der Waals surface area (Å²) in [4.78, 5) is 0.438. The molecule has 0 spiro atoms. The van der Waals surface area contributed by atoms with E-state index in [0.717, 1.165) is 24.0 Å². The molecule has 20 heavy (non-hydrogen) atoms. The van der Waals surface area contributed by atoms with Crippen LogP contribution in [0.3, 0.4) is 0 Å². The highest BCUT2D eigenvalue weighted by Crippen LogP contribution is 2.25. The number of benzene rings is 1. The van der Waals surface area contributed by atoms with E-state index in [2.05, 4.69) is 5.32 Å². The second-order valence-electron chi connectivity index (χ2n) is 6.11. The summed E-state index contributed by atoms with van der Waals surface area (Å²) in [7, 11) is -3.36. The average molecular weight is 294 g/mol. The van der Waals surface area contributed by atoms with Crippen LogP contribution in [0.2, 0.25) is 0 Å². The van der Waals surface area contributed by atoms with E-state index in [1.54, 1.807) is 16.4 Å². The van der Waals surface area contributed by atoms with E-state index in [1.807, 2.05) is 19.9 Å². The maximum Gasteiger partial charge on any atom is 0.243 e. The average Bonchev–Trinajstić information content (AvgIpc) is 2.67. The molecular formula is C15H22N2O2S. The fourth-order valence-corrected chi connectivity index (χ4v) is 5.05. The summed E-state index contributed by atoms with van der Waals surface area (Å²) in [6.45, 7) is 5.12. The summed E-state index contributed by atoms with van der Waals surface area (Å²) in [6, 6.07) is 6.38. The van der Waals surface area contributed by atoms with Gasteiger partial charge in [0.05, 0.1) is 4.90 Å². The van der Waals surface area contributed by atoms with Gasteiger partial charge in [-0.1, -0.05) is 6.07 Å². The topological polar surface area (TPSA) is 49.4 Å². The lowest BCUT2D eigenvalue weighted by Gasteiger charge is -2.24. The Hall–Kier alpha value is -0.910. The van der Waals surface area contributed by atoms with Gasteiger partial charge in [-0.25, -0.2) is 8.42 Å². The van der Waals surface area contributed by atoms with Crippen LogP contribution in [0, 0.1) is 13.8 Å². The van der Waals surface area contributed by atoms with E-state index in [1.165, 1.54) is 6.42 Å². The number of hydrogen-bond donors (Lipinski definition) is 1. The molecule has 1 aromatic carbocycles. The molecule has 0 aliphatic carbocycles. The lowest BCUT2D eigenvalue weighted by atomic mass is 10.1. The van der Waals surface area contributed by atoms with Gasteiger partial charge in [0.1, 0.15) is 0 Å². The first-order valence-corrected chi connectivity index (χ1v) is 8.73. The zero-order valence-electron chi connectivity index (χ0n) is 12.1. The summed E-state index contributed by atoms with van der Waals surface area (Å²) in [5, 5.41) is 3.52. The normalized spacial score (nSPS) is 27.5. The SMILES string of the molecule is Cc1cc(C)cc(S(=O)(=O)N2CCC3CCC(C2)N3)c1. The lowest BCUT2D eigenvalue weighted by Crippen LogP contribution is -2.39. The van der Waals surface area contributed by atoms with Gasteiger partial charge in [-0.2, -0.15) is 4.31 Å². The monoisotopic (exact) mass is 294 g/mol. The van der Waals surface area contributed by atoms with E-state index in [4.69, 9.17) is 0 Å². The van der Waals surface area contributed by atoms with Crippen molar-refractivity contribution in [3.8, 4) is 0 Å². The highest BCUT2D eigenvalue weighted by atomic mass is 32.2. The van der Waals surface area contributed by atoms with Crippen LogP contribution in [0.4, 0.5) is 0 Å². The number of rotatable bonds is 2. The third kappa shape index (κ3) is 2.62. The Labute approximate surface area is 121 Å². The minimum absolute atomic E-state index is 0.322. The summed E-state index contributed by atoms with van der Waals surface area (Å²) >= 11 is 0. The Morgan fingerprint density at radius 1 is 1.05 bits per heavy atom. The van der Waals surface area contributed by atoms with Crippen LogP contribution in [0.15, 0.2) is 23.1 Å². The van der Waals surface area contributed by atoms with E-state index < -0.39 is 10.0 Å². The molecule has 2 aliphatic heterocycles. The van der Waals surface area contributed by atoms with Crippen LogP contribution in [-0.4, -0.2) is 37.9 Å². The van der Waals surface area contributed by atoms with E-state index >= 15 is 0 Å². The fraction of sp³-hybridized carbons (Fsp3) is 0.600. The third-order valence-corrected chi connectivity index (χ3v) is 6.16. The quantitative estimate of drug-likeness (QED) is 0.905. The van der Waals surface area contributed by atoms with Crippen molar-refractivity contribution in [1.82, 2.24) is 9.62 Å². The van der Waals surface area contributed by atoms with Crippen LogP contribution in [0.5, 0.6) is 0 Å². The van der Waals surface area contributed by atoms with Gasteiger partial charge in [-0.3, -0.25) is 0 Å². The van der Waals surface area contributed by atoms with Gasteiger partial charge in [0.25, 0.3) is 0 Å². The Kier molecular flexibility index (Phi) is 3.60. The molecule has 3 rings (SSSR count). The summed E-state index contributed by atoms with van der Waals surface area (Å²) in [5.41, 5.74) is 2.00. The van der Waals surface area contributed by atoms with Crippen LogP contribution in [-0.2, 0) is 10.0 Å². The molecule has 2 saturated heterocycles. The molecule has 2 fully saturated rings. The largest absolute Gasteiger partial charge is 0.310 e. The van der Waals surface area contributed by atoms with Crippen LogP contribution >= 0.6 is 0 Å². The van der Waals surface area contributed by atoms with Crippen molar-refractivity contribution < 1.29 is 8.42 Å². The molecule has 1 aromatic rings. The molecule has 0 amide bonds. The minimum Gasteiger partial charge on any atom is -0.310 e. The smallest absolute Gasteiger partial charge is 0.243 e. The summed E-state index contributed by atoms with van der Waals surface area (Å²) < 4.78 is 27.3. The molecule has 2 aliphatic rings. The second-order valence-corrected chi connectivity index (χ2v) is 8.05. The van der Waals surface area contributed by atoms with Crippen molar-refractivity contribution >= 4 is 10.0 Å². The van der Waals surface area contributed by atoms with Crippen molar-refractivity contribution in [2.75, 3.05) is 13.1 Å². The Morgan fingerprint density at radius 3 is 2.40 bits per heavy atom. The Morgan fingerprint density at radius 2 is 1.70 bits per heavy atom. The molecule has 2 unspecified atom stereocenters. The maximum absolute atomic E-state index is 12.8. The van der Waals surface area contributed by atoms with Gasteiger partial charge in [-0.05, 0) is 56.4 Å². The van der Waals surface area contributed by atoms with Gasteiger partial charge in [0.2, 0.25) is 10.0 Å². The first-order valence-electron chi connectivity index (χ1n) is 7.29. The molecule has 5 heteroatoms. The van der Waals surface area contributed by atoms with Crippen molar-refractivity contribution in [2.45, 2.75) is 50.1 Å². The first kappa shape index (κ1) is 14.0. The van der Waals surface area contributed by atoms with Crippen LogP contribution < -0.4 is 5.32 Å². The Balaban J connectivity index is 1.91. The third-order valence-electron chi connectivity index (χ3n) is 4.32. The zero-order valence-corrected chi connectivity index (χ0v) is 12.9. The van der Waals surface area contributed by atoms with Gasteiger partial charge in [-0.15, -0.1) is 0 Å². The molecule has 0 aromatic heterocycles. The minimum atomic E-state index is -3.36. The highest BCUT2D eigenvalue weighted by Gasteiger charge is 2.34. The number of hydrogen-bond acceptors (Lipinski definition) is 3. The van der Waals surface area contributed by atoms with E-state index in [9.17, 15) is 8.42 Å². The standard InChI is InChI=1S/C15H22N2O2S/c1-11-7-12(2)9-15(8-11)20(18,19)17-6-5-13-3-4-14(10-17)16-13/h7-9,13-14,16H,3-6,10H2,1-2H3. The number of aryl methyl sites for hydroxylation is 2. The number of nitrogens with one attached hydrogen (secondary N) is 1. The molecule has 110 valence electrons. The van der Waals surface area contributed by atoms with Crippen LogP contribution in [0.25, 0.3) is 0 Å². The number of fused-ring (bicyclic) bond motifs is 2. The molecule has 0 radical (unpaired) electrons. The van der Waals surface area contributed by atoms with E-state index in [-0.39, 0.29) is 0 Å². The predicted molar refractivity (Wildman–Crippen MR) is 79.2 cm³/mol. The molecule has 2 heterocycles. The van der Waals surface area contributed by atoms with Gasteiger partial charge < -0.3 is 5.32 Å². The van der Waals surface area contributed by atoms with Crippen molar-refractivity contribution in [3.63, 3.8) is 0 Å². The van der Waals surface area contributed by atoms with Crippen molar-refractivity contribution in [2.24, 2.45) is 0 Å². The molecular weight excluding hydrogens is 272 g/mol. The number of nitrogens with zero attached hydrogens (tertiary/aromatic N) is 1. The van der Waals surface area contributed by atoms with Gasteiger partial charge in [0.15, 0.2) is 0 Å². The van der Waals surface area contributed by atoms with Crippen molar-refractivity contribution in [1.29, 1.82) is 0 Å². The van der Waals surface area contributed by atoms with Crippen molar-refractivity contribution in [3.05, 3.63) is 29.3 Å². The zero-order chi connectivity index (χ0) is 14.3. The van der Waals surface area contributed by atoms with Crippen LogP contribution in [0.1, 0.15) is 30.4 Å². The van der Waals surface area contributed by atoms with E-state index in [0.29, 0.717) is 30.1 Å². The molecule has 1 N–H and O–H groups in total. The predicted octanol–water partition coefficient (Wildman–Crippen LogP) is 1.82. The summed E-state index contributed by atoms with van der Waals surface area (Å²) in [6.07, 6.45) is 3.19. The number of sulfonamides is 1. The Bertz CT molecular complexity index is 592. The molecule has 4 nitrogen and oxygen atoms in total. The molecule has 2 atom stereocenters. The van der Waals surface area contributed by atoms with Gasteiger partial charge in [0, 0.05) is 25.2 Å². The first-order chi connectivity index (χ1) is 9.45. The maximum atomic E-state index is 12.8. The molecule has 0 saturated carbocycles. The fourth-order valence-electron chi connectivity index (χ4n) is 3.36. The lowest BCUT2D eigenvalue weighted by molar-refractivity contribution is 0.383.